The minimum atomic E-state index is 1.11. The average Bonchev–Trinajstić information content (AvgIpc) is 2.08. The molecule has 1 fully saturated rings. The second kappa shape index (κ2) is 8.67. The van der Waals surface area contributed by atoms with Gasteiger partial charge in [0.1, 0.15) is 0 Å². The number of hydrogen-bond acceptors (Lipinski definition) is 0. The fourth-order valence-corrected chi connectivity index (χ4v) is 43.0. The van der Waals surface area contributed by atoms with Gasteiger partial charge in [-0.25, -0.2) is 0 Å². The van der Waals surface area contributed by atoms with E-state index in [-0.39, 0.29) is 0 Å². The van der Waals surface area contributed by atoms with Gasteiger partial charge in [-0.1, -0.05) is 0 Å². The first-order chi connectivity index (χ1) is 5.50. The second-order valence-corrected chi connectivity index (χ2v) is 29.3. The Morgan fingerprint density at radius 1 is 0.545 bits per heavy atom. The first-order valence-electron chi connectivity index (χ1n) is 4.08. The normalized spacial score (nSPS) is 24.0. The number of hydrogen-bond donors (Lipinski definition) is 0. The Kier molecular flexibility index (Phi) is 8.79. The Morgan fingerprint density at radius 3 is 1.55 bits per heavy atom. The van der Waals surface area contributed by atoms with E-state index < -0.39 is 0 Å². The standard InChI is InChI=1S/C7H14Se4/c1-2-4-6-8-10-11-9-7-5-3-1/h1-7H2. The van der Waals surface area contributed by atoms with Crippen molar-refractivity contribution >= 4 is 48.9 Å². The van der Waals surface area contributed by atoms with E-state index in [9.17, 15) is 0 Å². The fraction of sp³-hybridized carbons (Fsp3) is 1.00. The molecule has 0 unspecified atom stereocenters. The molecule has 4 heteroatoms. The summed E-state index contributed by atoms with van der Waals surface area (Å²) in [5.41, 5.74) is 0. The predicted molar refractivity (Wildman–Crippen MR) is 55.7 cm³/mol. The molecule has 0 saturated carbocycles. The molecule has 0 radical (unpaired) electrons. The summed E-state index contributed by atoms with van der Waals surface area (Å²) in [6.07, 6.45) is 7.73. The Bertz CT molecular complexity index is 48.5. The van der Waals surface area contributed by atoms with E-state index in [1.165, 1.54) is 19.3 Å². The van der Waals surface area contributed by atoms with Crippen molar-refractivity contribution < 1.29 is 0 Å². The molecule has 0 atom stereocenters. The minimum absolute atomic E-state index is 1.11. The third kappa shape index (κ3) is 7.17. The van der Waals surface area contributed by atoms with Crippen molar-refractivity contribution in [1.29, 1.82) is 0 Å². The van der Waals surface area contributed by atoms with Gasteiger partial charge in [0, 0.05) is 0 Å². The summed E-state index contributed by atoms with van der Waals surface area (Å²) in [4.78, 5) is 0. The zero-order chi connectivity index (χ0) is 7.78. The van der Waals surface area contributed by atoms with Gasteiger partial charge < -0.3 is 0 Å². The zero-order valence-corrected chi connectivity index (χ0v) is 13.4. The van der Waals surface area contributed by atoms with Crippen LogP contribution in [0.15, 0.2) is 0 Å². The molecule has 11 heavy (non-hydrogen) atoms. The van der Waals surface area contributed by atoms with Crippen molar-refractivity contribution in [2.75, 3.05) is 0 Å². The zero-order valence-electron chi connectivity index (χ0n) is 6.58. The summed E-state index contributed by atoms with van der Waals surface area (Å²) < 4.78 is 0. The van der Waals surface area contributed by atoms with Crippen LogP contribution >= 0.6 is 0 Å². The third-order valence-corrected chi connectivity index (χ3v) is 40.7. The maximum atomic E-state index is 1.62. The molecule has 1 heterocycles. The van der Waals surface area contributed by atoms with Gasteiger partial charge in [-0.05, 0) is 0 Å². The van der Waals surface area contributed by atoms with E-state index in [1.54, 1.807) is 23.5 Å². The van der Waals surface area contributed by atoms with E-state index in [1.807, 2.05) is 0 Å². The molecule has 0 aromatic rings. The van der Waals surface area contributed by atoms with Gasteiger partial charge in [-0.2, -0.15) is 0 Å². The summed E-state index contributed by atoms with van der Waals surface area (Å²) in [6.45, 7) is 0. The predicted octanol–water partition coefficient (Wildman–Crippen LogP) is 1.35. The van der Waals surface area contributed by atoms with Gasteiger partial charge in [0.25, 0.3) is 0 Å². The summed E-state index contributed by atoms with van der Waals surface area (Å²) in [5.74, 6) is 0. The maximum absolute atomic E-state index is 1.62. The van der Waals surface area contributed by atoms with Crippen LogP contribution in [0.1, 0.15) is 32.1 Å². The molecule has 0 spiro atoms. The van der Waals surface area contributed by atoms with Crippen LogP contribution in [0.4, 0.5) is 0 Å². The number of rotatable bonds is 0. The van der Waals surface area contributed by atoms with Crippen molar-refractivity contribution in [2.45, 2.75) is 42.7 Å². The topological polar surface area (TPSA) is 0 Å². The first-order valence-corrected chi connectivity index (χ1v) is 19.5. The molecule has 0 N–H and O–H groups in total. The SMILES string of the molecule is C1CCC[Se][Se][Se][Se]CCC1. The molecule has 1 aliphatic heterocycles. The summed E-state index contributed by atoms with van der Waals surface area (Å²) in [5, 5.41) is 3.23. The Morgan fingerprint density at radius 2 is 1.00 bits per heavy atom. The third-order valence-electron chi connectivity index (χ3n) is 1.58. The van der Waals surface area contributed by atoms with E-state index >= 15 is 0 Å². The van der Waals surface area contributed by atoms with Crippen LogP contribution < -0.4 is 0 Å². The summed E-state index contributed by atoms with van der Waals surface area (Å²) in [7, 11) is 0. The van der Waals surface area contributed by atoms with Crippen LogP contribution in [-0.4, -0.2) is 48.9 Å². The van der Waals surface area contributed by atoms with Gasteiger partial charge in [-0.15, -0.1) is 0 Å². The molecule has 0 bridgehead atoms. The van der Waals surface area contributed by atoms with E-state index in [0.717, 1.165) is 48.9 Å². The van der Waals surface area contributed by atoms with Crippen LogP contribution in [0, 0.1) is 0 Å². The molecular formula is C7H14Se4. The van der Waals surface area contributed by atoms with Crippen LogP contribution in [0.5, 0.6) is 0 Å². The first kappa shape index (κ1) is 11.2. The molecule has 1 saturated heterocycles. The van der Waals surface area contributed by atoms with Crippen LogP contribution in [0.2, 0.25) is 10.6 Å². The van der Waals surface area contributed by atoms with Crippen LogP contribution in [0.25, 0.3) is 0 Å². The van der Waals surface area contributed by atoms with Crippen molar-refractivity contribution in [3.05, 3.63) is 0 Å². The molecule has 0 amide bonds. The average molecular weight is 414 g/mol. The van der Waals surface area contributed by atoms with Gasteiger partial charge in [0.15, 0.2) is 0 Å². The summed E-state index contributed by atoms with van der Waals surface area (Å²) >= 11 is 4.53. The van der Waals surface area contributed by atoms with E-state index in [0.29, 0.717) is 0 Å². The van der Waals surface area contributed by atoms with Crippen LogP contribution in [-0.2, 0) is 0 Å². The monoisotopic (exact) mass is 418 g/mol. The van der Waals surface area contributed by atoms with Crippen molar-refractivity contribution in [1.82, 2.24) is 0 Å². The molecule has 0 nitrogen and oxygen atoms in total. The van der Waals surface area contributed by atoms with Gasteiger partial charge in [0.05, 0.1) is 0 Å². The van der Waals surface area contributed by atoms with Crippen molar-refractivity contribution in [3.63, 3.8) is 0 Å². The molecule has 0 aromatic carbocycles. The summed E-state index contributed by atoms with van der Waals surface area (Å²) in [6, 6.07) is 0. The Hall–Kier alpha value is 2.08. The van der Waals surface area contributed by atoms with Crippen molar-refractivity contribution in [2.24, 2.45) is 0 Å². The molecule has 0 aromatic heterocycles. The van der Waals surface area contributed by atoms with E-state index in [4.69, 9.17) is 0 Å². The van der Waals surface area contributed by atoms with Gasteiger partial charge >= 0.3 is 91.6 Å². The second-order valence-electron chi connectivity index (χ2n) is 2.55. The fourth-order valence-electron chi connectivity index (χ4n) is 0.960. The van der Waals surface area contributed by atoms with Crippen LogP contribution in [0.3, 0.4) is 0 Å². The quantitative estimate of drug-likeness (QED) is 0.526. The Labute approximate surface area is 90.7 Å². The molecule has 66 valence electrons. The van der Waals surface area contributed by atoms with Gasteiger partial charge in [-0.3, -0.25) is 0 Å². The van der Waals surface area contributed by atoms with E-state index in [2.05, 4.69) is 0 Å². The van der Waals surface area contributed by atoms with Gasteiger partial charge in [0.2, 0.25) is 0 Å². The van der Waals surface area contributed by atoms with Crippen molar-refractivity contribution in [3.8, 4) is 0 Å². The molecular weight excluding hydrogens is 400 g/mol. The molecule has 1 rings (SSSR count). The molecule has 1 aliphatic rings. The Balaban J connectivity index is 2.02. The molecule has 0 aliphatic carbocycles.